The van der Waals surface area contributed by atoms with E-state index in [1.807, 2.05) is 0 Å². The molecule has 1 saturated carbocycles. The summed E-state index contributed by atoms with van der Waals surface area (Å²) in [4.78, 5) is 0.297. The van der Waals surface area contributed by atoms with E-state index >= 15 is 0 Å². The third-order valence-corrected chi connectivity index (χ3v) is 5.50. The lowest BCUT2D eigenvalue weighted by molar-refractivity contribution is 0.332. The minimum atomic E-state index is -3.46. The van der Waals surface area contributed by atoms with Gasteiger partial charge in [0.2, 0.25) is 10.0 Å². The molecule has 5 heteroatoms. The number of anilines is 1. The van der Waals surface area contributed by atoms with E-state index in [1.165, 1.54) is 6.07 Å². The van der Waals surface area contributed by atoms with Crippen LogP contribution in [0, 0.1) is 12.8 Å². The number of nitrogens with two attached hydrogens (primary N) is 1. The third kappa shape index (κ3) is 3.48. The Labute approximate surface area is 115 Å². The standard InChI is InChI=1S/C14H22N2O2S/c1-10-3-7-13(8-4-10)16-19(17,18)14-9-12(15)6-5-11(14)2/h5-6,9-10,13,16H,3-4,7-8,15H2,1-2H3. The van der Waals surface area contributed by atoms with Crippen LogP contribution in [0.2, 0.25) is 0 Å². The van der Waals surface area contributed by atoms with Gasteiger partial charge in [-0.1, -0.05) is 13.0 Å². The number of nitrogen functional groups attached to an aromatic ring is 1. The Bertz CT molecular complexity index is 547. The number of nitrogens with one attached hydrogen (secondary N) is 1. The molecule has 1 aromatic rings. The van der Waals surface area contributed by atoms with Gasteiger partial charge in [0.15, 0.2) is 0 Å². The Hall–Kier alpha value is -1.07. The Morgan fingerprint density at radius 2 is 1.84 bits per heavy atom. The van der Waals surface area contributed by atoms with Gasteiger partial charge in [-0.2, -0.15) is 0 Å². The van der Waals surface area contributed by atoms with E-state index in [2.05, 4.69) is 11.6 Å². The highest BCUT2D eigenvalue weighted by atomic mass is 32.2. The summed E-state index contributed by atoms with van der Waals surface area (Å²) in [5.41, 5.74) is 6.89. The molecule has 0 bridgehead atoms. The van der Waals surface area contributed by atoms with Gasteiger partial charge >= 0.3 is 0 Å². The van der Waals surface area contributed by atoms with Crippen molar-refractivity contribution in [3.05, 3.63) is 23.8 Å². The summed E-state index contributed by atoms with van der Waals surface area (Å²) in [5, 5.41) is 0. The molecule has 2 rings (SSSR count). The quantitative estimate of drug-likeness (QED) is 0.836. The fourth-order valence-corrected chi connectivity index (χ4v) is 4.15. The fourth-order valence-electron chi connectivity index (χ4n) is 2.57. The van der Waals surface area contributed by atoms with Gasteiger partial charge in [-0.15, -0.1) is 0 Å². The number of hydrogen-bond acceptors (Lipinski definition) is 3. The Balaban J connectivity index is 2.16. The molecule has 0 aromatic heterocycles. The summed E-state index contributed by atoms with van der Waals surface area (Å²) in [6.07, 6.45) is 4.01. The summed E-state index contributed by atoms with van der Waals surface area (Å²) in [6, 6.07) is 5.05. The molecule has 0 atom stereocenters. The molecule has 1 aliphatic rings. The summed E-state index contributed by atoms with van der Waals surface area (Å²) in [7, 11) is -3.46. The molecular weight excluding hydrogens is 260 g/mol. The monoisotopic (exact) mass is 282 g/mol. The molecule has 1 aliphatic carbocycles. The second-order valence-corrected chi connectivity index (χ2v) is 7.29. The largest absolute Gasteiger partial charge is 0.399 e. The van der Waals surface area contributed by atoms with Gasteiger partial charge < -0.3 is 5.73 Å². The smallest absolute Gasteiger partial charge is 0.241 e. The first-order valence-electron chi connectivity index (χ1n) is 6.77. The molecule has 0 saturated heterocycles. The van der Waals surface area contributed by atoms with Crippen molar-refractivity contribution in [3.8, 4) is 0 Å². The molecule has 106 valence electrons. The van der Waals surface area contributed by atoms with E-state index in [0.29, 0.717) is 16.5 Å². The average molecular weight is 282 g/mol. The Morgan fingerprint density at radius 1 is 1.21 bits per heavy atom. The first kappa shape index (κ1) is 14.3. The fraction of sp³-hybridized carbons (Fsp3) is 0.571. The molecular formula is C14H22N2O2S. The molecule has 3 N–H and O–H groups in total. The molecule has 1 aromatic carbocycles. The lowest BCUT2D eigenvalue weighted by atomic mass is 9.88. The van der Waals surface area contributed by atoms with Crippen molar-refractivity contribution in [2.45, 2.75) is 50.5 Å². The molecule has 1 fully saturated rings. The average Bonchev–Trinajstić information content (AvgIpc) is 2.35. The lowest BCUT2D eigenvalue weighted by Crippen LogP contribution is -2.37. The maximum atomic E-state index is 12.4. The maximum absolute atomic E-state index is 12.4. The summed E-state index contributed by atoms with van der Waals surface area (Å²) in [5.74, 6) is 0.704. The highest BCUT2D eigenvalue weighted by Gasteiger charge is 2.25. The minimum absolute atomic E-state index is 0.0574. The Kier molecular flexibility index (Phi) is 4.16. The van der Waals surface area contributed by atoms with E-state index in [-0.39, 0.29) is 6.04 Å². The van der Waals surface area contributed by atoms with Gasteiger partial charge in [0, 0.05) is 11.7 Å². The molecule has 0 aliphatic heterocycles. The maximum Gasteiger partial charge on any atom is 0.241 e. The van der Waals surface area contributed by atoms with Crippen LogP contribution in [0.15, 0.2) is 23.1 Å². The van der Waals surface area contributed by atoms with Crippen LogP contribution in [0.25, 0.3) is 0 Å². The van der Waals surface area contributed by atoms with Crippen LogP contribution >= 0.6 is 0 Å². The number of hydrogen-bond donors (Lipinski definition) is 2. The van der Waals surface area contributed by atoms with Gasteiger partial charge in [0.05, 0.1) is 4.90 Å². The molecule has 4 nitrogen and oxygen atoms in total. The van der Waals surface area contributed by atoms with Gasteiger partial charge in [-0.3, -0.25) is 0 Å². The molecule has 0 radical (unpaired) electrons. The Morgan fingerprint density at radius 3 is 2.47 bits per heavy atom. The van der Waals surface area contributed by atoms with Crippen LogP contribution in [-0.4, -0.2) is 14.5 Å². The number of sulfonamides is 1. The predicted molar refractivity (Wildman–Crippen MR) is 77.3 cm³/mol. The molecule has 0 spiro atoms. The van der Waals surface area contributed by atoms with Crippen molar-refractivity contribution in [1.82, 2.24) is 4.72 Å². The van der Waals surface area contributed by atoms with Gasteiger partial charge in [0.1, 0.15) is 0 Å². The second-order valence-electron chi connectivity index (χ2n) is 5.60. The zero-order valence-electron chi connectivity index (χ0n) is 11.5. The highest BCUT2D eigenvalue weighted by Crippen LogP contribution is 2.25. The van der Waals surface area contributed by atoms with Crippen LogP contribution in [0.1, 0.15) is 38.2 Å². The van der Waals surface area contributed by atoms with Crippen LogP contribution < -0.4 is 10.5 Å². The van der Waals surface area contributed by atoms with Crippen molar-refractivity contribution < 1.29 is 8.42 Å². The topological polar surface area (TPSA) is 72.2 Å². The SMILES string of the molecule is Cc1ccc(N)cc1S(=O)(=O)NC1CCC(C)CC1. The number of aryl methyl sites for hydroxylation is 1. The van der Waals surface area contributed by atoms with Crippen LogP contribution in [0.3, 0.4) is 0 Å². The zero-order chi connectivity index (χ0) is 14.0. The summed E-state index contributed by atoms with van der Waals surface area (Å²) in [6.45, 7) is 4.00. The molecule has 19 heavy (non-hydrogen) atoms. The zero-order valence-corrected chi connectivity index (χ0v) is 12.3. The van der Waals surface area contributed by atoms with Crippen LogP contribution in [0.5, 0.6) is 0 Å². The first-order chi connectivity index (χ1) is 8.88. The molecule has 0 unspecified atom stereocenters. The van der Waals surface area contributed by atoms with Crippen molar-refractivity contribution in [3.63, 3.8) is 0 Å². The lowest BCUT2D eigenvalue weighted by Gasteiger charge is -2.27. The van der Waals surface area contributed by atoms with E-state index in [9.17, 15) is 8.42 Å². The van der Waals surface area contributed by atoms with Gasteiger partial charge in [-0.05, 0) is 56.2 Å². The molecule has 0 amide bonds. The van der Waals surface area contributed by atoms with Crippen molar-refractivity contribution >= 4 is 15.7 Å². The molecule has 0 heterocycles. The van der Waals surface area contributed by atoms with E-state index in [1.54, 1.807) is 19.1 Å². The minimum Gasteiger partial charge on any atom is -0.399 e. The van der Waals surface area contributed by atoms with E-state index in [4.69, 9.17) is 5.73 Å². The van der Waals surface area contributed by atoms with Gasteiger partial charge in [-0.25, -0.2) is 13.1 Å². The number of rotatable bonds is 3. The van der Waals surface area contributed by atoms with Crippen LogP contribution in [0.4, 0.5) is 5.69 Å². The van der Waals surface area contributed by atoms with Crippen molar-refractivity contribution in [1.29, 1.82) is 0 Å². The highest BCUT2D eigenvalue weighted by molar-refractivity contribution is 7.89. The number of benzene rings is 1. The first-order valence-corrected chi connectivity index (χ1v) is 8.25. The van der Waals surface area contributed by atoms with Gasteiger partial charge in [0.25, 0.3) is 0 Å². The normalized spacial score (nSPS) is 24.3. The van der Waals surface area contributed by atoms with E-state index in [0.717, 1.165) is 31.2 Å². The third-order valence-electron chi connectivity index (χ3n) is 3.84. The predicted octanol–water partition coefficient (Wildman–Crippen LogP) is 2.43. The van der Waals surface area contributed by atoms with Crippen molar-refractivity contribution in [2.24, 2.45) is 5.92 Å². The van der Waals surface area contributed by atoms with Crippen LogP contribution in [-0.2, 0) is 10.0 Å². The van der Waals surface area contributed by atoms with E-state index < -0.39 is 10.0 Å². The summed E-state index contributed by atoms with van der Waals surface area (Å²) < 4.78 is 27.6. The second kappa shape index (κ2) is 5.51. The summed E-state index contributed by atoms with van der Waals surface area (Å²) >= 11 is 0. The van der Waals surface area contributed by atoms with Crippen molar-refractivity contribution in [2.75, 3.05) is 5.73 Å².